The first-order chi connectivity index (χ1) is 13.2. The molecule has 0 spiro atoms. The Morgan fingerprint density at radius 3 is 2.22 bits per heavy atom. The van der Waals surface area contributed by atoms with Gasteiger partial charge < -0.3 is 15.1 Å². The minimum Gasteiger partial charge on any atom is -0.366 e. The Bertz CT molecular complexity index is 927. The Morgan fingerprint density at radius 1 is 0.815 bits per heavy atom. The molecule has 0 atom stereocenters. The molecule has 0 radical (unpaired) electrons. The van der Waals surface area contributed by atoms with Crippen molar-refractivity contribution in [3.05, 3.63) is 66.4 Å². The van der Waals surface area contributed by atoms with Crippen molar-refractivity contribution in [2.75, 3.05) is 41.3 Å². The van der Waals surface area contributed by atoms with Gasteiger partial charge in [0.1, 0.15) is 11.6 Å². The first-order valence-electron chi connectivity index (χ1n) is 8.66. The topological polar surface area (TPSA) is 57.2 Å². The molecule has 0 amide bonds. The second-order valence-electron chi connectivity index (χ2n) is 6.17. The van der Waals surface area contributed by atoms with E-state index in [1.165, 1.54) is 18.3 Å². The van der Waals surface area contributed by atoms with Crippen molar-refractivity contribution in [1.82, 2.24) is 15.2 Å². The average molecular weight is 368 g/mol. The molecule has 0 unspecified atom stereocenters. The van der Waals surface area contributed by atoms with Gasteiger partial charge in [0.05, 0.1) is 17.6 Å². The molecular weight excluding hydrogens is 350 g/mol. The minimum atomic E-state index is -0.365. The van der Waals surface area contributed by atoms with Gasteiger partial charge in [-0.15, -0.1) is 5.10 Å². The summed E-state index contributed by atoms with van der Waals surface area (Å²) in [4.78, 5) is 8.41. The summed E-state index contributed by atoms with van der Waals surface area (Å²) in [6.45, 7) is 2.57. The van der Waals surface area contributed by atoms with Gasteiger partial charge in [0.25, 0.3) is 0 Å². The third-order valence-corrected chi connectivity index (χ3v) is 4.44. The fourth-order valence-electron chi connectivity index (χ4n) is 3.04. The zero-order chi connectivity index (χ0) is 18.6. The second kappa shape index (κ2) is 7.53. The molecular formula is C19H18F2N6. The van der Waals surface area contributed by atoms with Gasteiger partial charge in [-0.3, -0.25) is 0 Å². The van der Waals surface area contributed by atoms with Crippen molar-refractivity contribution in [1.29, 1.82) is 0 Å². The summed E-state index contributed by atoms with van der Waals surface area (Å²) in [5.41, 5.74) is 0.930. The zero-order valence-corrected chi connectivity index (χ0v) is 14.5. The number of nitrogens with zero attached hydrogens (tertiary/aromatic N) is 5. The van der Waals surface area contributed by atoms with Crippen LogP contribution in [0.15, 0.2) is 54.7 Å². The van der Waals surface area contributed by atoms with Crippen LogP contribution in [-0.4, -0.2) is 41.4 Å². The Labute approximate surface area is 155 Å². The molecule has 0 aliphatic carbocycles. The van der Waals surface area contributed by atoms with Gasteiger partial charge in [-0.05, 0) is 24.3 Å². The standard InChI is InChI=1S/C19H18F2N6/c20-14-5-1-3-7-16(14)23-18-13-22-25-19(24-18)27-11-9-26(10-12-27)17-8-4-2-6-15(17)21/h1-8,13H,9-12H2,(H,23,24,25). The summed E-state index contributed by atoms with van der Waals surface area (Å²) in [5.74, 6) is 0.294. The molecule has 2 aromatic carbocycles. The number of nitrogens with one attached hydrogen (secondary N) is 1. The monoisotopic (exact) mass is 368 g/mol. The van der Waals surface area contributed by atoms with Crippen LogP contribution in [0, 0.1) is 11.6 Å². The number of hydrogen-bond acceptors (Lipinski definition) is 6. The normalized spacial score (nSPS) is 14.3. The third-order valence-electron chi connectivity index (χ3n) is 4.44. The highest BCUT2D eigenvalue weighted by atomic mass is 19.1. The summed E-state index contributed by atoms with van der Waals surface area (Å²) < 4.78 is 27.8. The Kier molecular flexibility index (Phi) is 4.78. The maximum absolute atomic E-state index is 14.0. The average Bonchev–Trinajstić information content (AvgIpc) is 2.71. The Morgan fingerprint density at radius 2 is 1.48 bits per heavy atom. The van der Waals surface area contributed by atoms with Crippen LogP contribution < -0.4 is 15.1 Å². The lowest BCUT2D eigenvalue weighted by Crippen LogP contribution is -2.47. The lowest BCUT2D eigenvalue weighted by molar-refractivity contribution is 0.592. The summed E-state index contributed by atoms with van der Waals surface area (Å²) >= 11 is 0. The maximum Gasteiger partial charge on any atom is 0.247 e. The van der Waals surface area contributed by atoms with E-state index in [4.69, 9.17) is 0 Å². The number of rotatable bonds is 4. The smallest absolute Gasteiger partial charge is 0.247 e. The highest BCUT2D eigenvalue weighted by Crippen LogP contribution is 2.22. The van der Waals surface area contributed by atoms with Crippen molar-refractivity contribution < 1.29 is 8.78 Å². The van der Waals surface area contributed by atoms with Crippen LogP contribution in [0.1, 0.15) is 0 Å². The number of hydrogen-bond donors (Lipinski definition) is 1. The van der Waals surface area contributed by atoms with Crippen molar-refractivity contribution in [3.63, 3.8) is 0 Å². The molecule has 27 heavy (non-hydrogen) atoms. The summed E-state index contributed by atoms with van der Waals surface area (Å²) in [7, 11) is 0. The number of aromatic nitrogens is 3. The molecule has 1 fully saturated rings. The molecule has 0 saturated carbocycles. The van der Waals surface area contributed by atoms with Gasteiger partial charge >= 0.3 is 0 Å². The number of para-hydroxylation sites is 2. The Hall–Kier alpha value is -3.29. The van der Waals surface area contributed by atoms with Crippen molar-refractivity contribution >= 4 is 23.1 Å². The van der Waals surface area contributed by atoms with Crippen LogP contribution in [-0.2, 0) is 0 Å². The zero-order valence-electron chi connectivity index (χ0n) is 14.5. The molecule has 4 rings (SSSR count). The number of piperazine rings is 1. The highest BCUT2D eigenvalue weighted by Gasteiger charge is 2.21. The second-order valence-corrected chi connectivity index (χ2v) is 6.17. The lowest BCUT2D eigenvalue weighted by Gasteiger charge is -2.36. The van der Waals surface area contributed by atoms with Crippen LogP contribution in [0.25, 0.3) is 0 Å². The van der Waals surface area contributed by atoms with Crippen molar-refractivity contribution in [3.8, 4) is 0 Å². The SMILES string of the molecule is Fc1ccccc1Nc1cnnc(N2CCN(c3ccccc3F)CC2)n1. The van der Waals surface area contributed by atoms with Gasteiger partial charge in [0.2, 0.25) is 5.95 Å². The van der Waals surface area contributed by atoms with Gasteiger partial charge in [0.15, 0.2) is 5.82 Å². The molecule has 6 nitrogen and oxygen atoms in total. The molecule has 0 bridgehead atoms. The van der Waals surface area contributed by atoms with Gasteiger partial charge in [-0.2, -0.15) is 10.1 Å². The summed E-state index contributed by atoms with van der Waals surface area (Å²) in [5, 5.41) is 11.0. The predicted molar refractivity (Wildman–Crippen MR) is 100 cm³/mol. The van der Waals surface area contributed by atoms with Crippen LogP contribution in [0.3, 0.4) is 0 Å². The van der Waals surface area contributed by atoms with Crippen molar-refractivity contribution in [2.45, 2.75) is 0 Å². The Balaban J connectivity index is 1.44. The van der Waals surface area contributed by atoms with Crippen LogP contribution in [0.4, 0.5) is 31.9 Å². The van der Waals surface area contributed by atoms with Gasteiger partial charge in [-0.25, -0.2) is 8.78 Å². The predicted octanol–water partition coefficient (Wildman–Crippen LogP) is 3.22. The van der Waals surface area contributed by atoms with E-state index < -0.39 is 0 Å². The fourth-order valence-corrected chi connectivity index (χ4v) is 3.04. The number of benzene rings is 2. The summed E-state index contributed by atoms with van der Waals surface area (Å²) in [6, 6.07) is 13.1. The number of anilines is 4. The van der Waals surface area contributed by atoms with E-state index in [1.807, 2.05) is 15.9 Å². The highest BCUT2D eigenvalue weighted by molar-refractivity contribution is 5.57. The first kappa shape index (κ1) is 17.1. The molecule has 8 heteroatoms. The fraction of sp³-hybridized carbons (Fsp3) is 0.211. The first-order valence-corrected chi connectivity index (χ1v) is 8.66. The van der Waals surface area contributed by atoms with Gasteiger partial charge in [0, 0.05) is 26.2 Å². The molecule has 138 valence electrons. The maximum atomic E-state index is 14.0. The largest absolute Gasteiger partial charge is 0.366 e. The molecule has 1 saturated heterocycles. The van der Waals surface area contributed by atoms with Crippen LogP contribution in [0.2, 0.25) is 0 Å². The van der Waals surface area contributed by atoms with Crippen LogP contribution in [0.5, 0.6) is 0 Å². The number of halogens is 2. The summed E-state index contributed by atoms with van der Waals surface area (Å²) in [6.07, 6.45) is 1.45. The molecule has 3 aromatic rings. The minimum absolute atomic E-state index is 0.222. The van der Waals surface area contributed by atoms with E-state index in [0.717, 1.165) is 0 Å². The molecule has 1 aromatic heterocycles. The van der Waals surface area contributed by atoms with E-state index in [2.05, 4.69) is 20.5 Å². The van der Waals surface area contributed by atoms with Gasteiger partial charge in [-0.1, -0.05) is 24.3 Å². The molecule has 1 aliphatic rings. The third kappa shape index (κ3) is 3.79. The molecule has 2 heterocycles. The van der Waals surface area contributed by atoms with E-state index in [0.29, 0.717) is 49.3 Å². The van der Waals surface area contributed by atoms with E-state index in [9.17, 15) is 8.78 Å². The van der Waals surface area contributed by atoms with E-state index in [1.54, 1.807) is 30.3 Å². The van der Waals surface area contributed by atoms with E-state index in [-0.39, 0.29) is 11.6 Å². The lowest BCUT2D eigenvalue weighted by atomic mass is 10.2. The van der Waals surface area contributed by atoms with Crippen molar-refractivity contribution in [2.24, 2.45) is 0 Å². The molecule has 1 N–H and O–H groups in total. The van der Waals surface area contributed by atoms with E-state index >= 15 is 0 Å². The van der Waals surface area contributed by atoms with Crippen LogP contribution >= 0.6 is 0 Å². The molecule has 1 aliphatic heterocycles. The quantitative estimate of drug-likeness (QED) is 0.763.